The van der Waals surface area contributed by atoms with Gasteiger partial charge in [0.2, 0.25) is 11.8 Å². The number of halogens is 6. The van der Waals surface area contributed by atoms with Crippen LogP contribution in [-0.2, 0) is 38.8 Å². The van der Waals surface area contributed by atoms with E-state index in [1.165, 1.54) is 24.3 Å². The first kappa shape index (κ1) is 39.0. The van der Waals surface area contributed by atoms with Crippen LogP contribution in [0.5, 0.6) is 0 Å². The average molecular weight is 769 g/mol. The van der Waals surface area contributed by atoms with E-state index in [1.807, 2.05) is 13.8 Å². The molecule has 0 aliphatic rings. The third-order valence-corrected chi connectivity index (χ3v) is 10.6. The van der Waals surface area contributed by atoms with Crippen molar-refractivity contribution in [3.63, 3.8) is 0 Å². The minimum absolute atomic E-state index is 0.0163. The minimum Gasteiger partial charge on any atom is -0.354 e. The Morgan fingerprint density at radius 2 is 1.46 bits per heavy atom. The molecule has 0 saturated carbocycles. The molecule has 4 aromatic carbocycles. The monoisotopic (exact) mass is 767 g/mol. The number of amides is 2. The highest BCUT2D eigenvalue weighted by atomic mass is 35.5. The SMILES string of the molecule is Cc1ccc(S(=O)(=O)N(CC(=O)N(Cc2c(Cl)cccc2Cl)C(Cc2ccccc2)C(=O)NCC(C)C)c2ccc(Cl)c(C(F)(F)F)c2)cc1. The molecule has 4 aromatic rings. The summed E-state index contributed by atoms with van der Waals surface area (Å²) in [4.78, 5) is 29.4. The number of nitrogens with zero attached hydrogens (tertiary/aromatic N) is 2. The first-order chi connectivity index (χ1) is 23.5. The van der Waals surface area contributed by atoms with Crippen LogP contribution >= 0.6 is 34.8 Å². The van der Waals surface area contributed by atoms with Crippen molar-refractivity contribution in [3.8, 4) is 0 Å². The van der Waals surface area contributed by atoms with Crippen LogP contribution in [0.3, 0.4) is 0 Å². The van der Waals surface area contributed by atoms with Crippen molar-refractivity contribution in [3.05, 3.63) is 128 Å². The van der Waals surface area contributed by atoms with E-state index in [9.17, 15) is 31.2 Å². The molecule has 7 nitrogen and oxygen atoms in total. The number of aryl methyl sites for hydroxylation is 1. The van der Waals surface area contributed by atoms with Crippen LogP contribution in [0.4, 0.5) is 18.9 Å². The second-order valence-corrected chi connectivity index (χ2v) is 15.1. The van der Waals surface area contributed by atoms with Gasteiger partial charge < -0.3 is 10.2 Å². The van der Waals surface area contributed by atoms with E-state index in [4.69, 9.17) is 34.8 Å². The number of benzene rings is 4. The molecule has 0 fully saturated rings. The van der Waals surface area contributed by atoms with Crippen molar-refractivity contribution in [2.24, 2.45) is 5.92 Å². The summed E-state index contributed by atoms with van der Waals surface area (Å²) in [5.74, 6) is -1.37. The normalized spacial score (nSPS) is 12.4. The molecule has 266 valence electrons. The van der Waals surface area contributed by atoms with Gasteiger partial charge in [-0.25, -0.2) is 8.42 Å². The highest BCUT2D eigenvalue weighted by molar-refractivity contribution is 7.92. The van der Waals surface area contributed by atoms with Gasteiger partial charge in [-0.2, -0.15) is 13.2 Å². The summed E-state index contributed by atoms with van der Waals surface area (Å²) >= 11 is 18.9. The summed E-state index contributed by atoms with van der Waals surface area (Å²) in [5.41, 5.74) is -0.0378. The molecule has 2 amide bonds. The lowest BCUT2D eigenvalue weighted by Crippen LogP contribution is -2.53. The quantitative estimate of drug-likeness (QED) is 0.148. The van der Waals surface area contributed by atoms with Crippen LogP contribution in [0.1, 0.15) is 36.1 Å². The zero-order valence-corrected chi connectivity index (χ0v) is 30.4. The van der Waals surface area contributed by atoms with E-state index < -0.39 is 56.9 Å². The third kappa shape index (κ3) is 9.72. The lowest BCUT2D eigenvalue weighted by Gasteiger charge is -2.34. The molecule has 0 heterocycles. The lowest BCUT2D eigenvalue weighted by molar-refractivity contribution is -0.140. The van der Waals surface area contributed by atoms with Crippen LogP contribution in [0.25, 0.3) is 0 Å². The van der Waals surface area contributed by atoms with E-state index in [2.05, 4.69) is 5.32 Å². The lowest BCUT2D eigenvalue weighted by atomic mass is 10.0. The van der Waals surface area contributed by atoms with Gasteiger partial charge in [0.25, 0.3) is 10.0 Å². The maximum absolute atomic E-state index is 14.6. The topological polar surface area (TPSA) is 86.8 Å². The van der Waals surface area contributed by atoms with Gasteiger partial charge in [0.1, 0.15) is 12.6 Å². The number of rotatable bonds is 13. The number of hydrogen-bond acceptors (Lipinski definition) is 4. The molecule has 1 N–H and O–H groups in total. The van der Waals surface area contributed by atoms with E-state index in [0.29, 0.717) is 15.9 Å². The Morgan fingerprint density at radius 3 is 2.04 bits per heavy atom. The molecule has 4 rings (SSSR count). The molecule has 0 saturated heterocycles. The van der Waals surface area contributed by atoms with Crippen LogP contribution < -0.4 is 9.62 Å². The second-order valence-electron chi connectivity index (χ2n) is 12.1. The zero-order chi connectivity index (χ0) is 36.8. The van der Waals surface area contributed by atoms with Crippen molar-refractivity contribution in [2.75, 3.05) is 17.4 Å². The smallest absolute Gasteiger partial charge is 0.354 e. The molecule has 0 bridgehead atoms. The number of sulfonamides is 1. The predicted octanol–water partition coefficient (Wildman–Crippen LogP) is 8.58. The molecule has 0 spiro atoms. The fourth-order valence-electron chi connectivity index (χ4n) is 5.08. The summed E-state index contributed by atoms with van der Waals surface area (Å²) in [5, 5.41) is 2.58. The van der Waals surface area contributed by atoms with E-state index in [1.54, 1.807) is 55.5 Å². The van der Waals surface area contributed by atoms with Crippen molar-refractivity contribution in [1.29, 1.82) is 0 Å². The molecule has 0 aliphatic heterocycles. The second kappa shape index (κ2) is 16.5. The van der Waals surface area contributed by atoms with Gasteiger partial charge >= 0.3 is 6.18 Å². The first-order valence-corrected chi connectivity index (χ1v) is 18.1. The Bertz CT molecular complexity index is 1910. The van der Waals surface area contributed by atoms with Gasteiger partial charge in [-0.3, -0.25) is 13.9 Å². The number of carbonyl (C=O) groups is 2. The van der Waals surface area contributed by atoms with E-state index in [0.717, 1.165) is 22.6 Å². The average Bonchev–Trinajstić information content (AvgIpc) is 3.05. The highest BCUT2D eigenvalue weighted by Gasteiger charge is 2.38. The summed E-state index contributed by atoms with van der Waals surface area (Å²) in [6.45, 7) is 4.50. The molecule has 50 heavy (non-hydrogen) atoms. The standard InChI is InChI=1S/C36H35Cl3F3N3O4S/c1-23(2)20-43-35(47)33(18-25-8-5-4-6-9-25)44(21-28-30(37)10-7-11-31(28)38)34(46)22-45(50(48,49)27-15-12-24(3)13-16-27)26-14-17-32(39)29(19-26)36(40,41)42/h4-17,19,23,33H,18,20-22H2,1-3H3,(H,43,47). The van der Waals surface area contributed by atoms with E-state index >= 15 is 0 Å². The first-order valence-electron chi connectivity index (χ1n) is 15.5. The molecule has 0 radical (unpaired) electrons. The molecule has 0 aliphatic carbocycles. The van der Waals surface area contributed by atoms with E-state index in [-0.39, 0.29) is 45.9 Å². The Hall–Kier alpha value is -3.77. The van der Waals surface area contributed by atoms with Crippen LogP contribution in [-0.4, -0.2) is 44.3 Å². The van der Waals surface area contributed by atoms with Crippen LogP contribution in [0.2, 0.25) is 15.1 Å². The van der Waals surface area contributed by atoms with Crippen molar-refractivity contribution in [1.82, 2.24) is 10.2 Å². The fourth-order valence-corrected chi connectivity index (χ4v) is 7.23. The van der Waals surface area contributed by atoms with Crippen LogP contribution in [0.15, 0.2) is 95.9 Å². The van der Waals surface area contributed by atoms with Gasteiger partial charge in [0.15, 0.2) is 0 Å². The van der Waals surface area contributed by atoms with Gasteiger partial charge in [0, 0.05) is 35.1 Å². The molecule has 1 unspecified atom stereocenters. The Labute approximate surface area is 305 Å². The summed E-state index contributed by atoms with van der Waals surface area (Å²) in [7, 11) is -4.67. The molecular weight excluding hydrogens is 734 g/mol. The van der Waals surface area contributed by atoms with Crippen molar-refractivity contribution in [2.45, 2.75) is 50.9 Å². The largest absolute Gasteiger partial charge is 0.417 e. The molecule has 1 atom stereocenters. The van der Waals surface area contributed by atoms with Crippen molar-refractivity contribution >= 4 is 62.3 Å². The number of nitrogens with one attached hydrogen (secondary N) is 1. The highest BCUT2D eigenvalue weighted by Crippen LogP contribution is 2.38. The van der Waals surface area contributed by atoms with Gasteiger partial charge in [-0.05, 0) is 60.9 Å². The number of alkyl halides is 3. The number of carbonyl (C=O) groups excluding carboxylic acids is 2. The summed E-state index contributed by atoms with van der Waals surface area (Å²) < 4.78 is 71.0. The Balaban J connectivity index is 1.89. The van der Waals surface area contributed by atoms with Crippen LogP contribution in [0, 0.1) is 12.8 Å². The Kier molecular flexibility index (Phi) is 12.9. The number of hydrogen-bond donors (Lipinski definition) is 1. The summed E-state index contributed by atoms with van der Waals surface area (Å²) in [6, 6.07) is 20.6. The van der Waals surface area contributed by atoms with Gasteiger partial charge in [0.05, 0.1) is 21.2 Å². The molecule has 0 aromatic heterocycles. The molecular formula is C36H35Cl3F3N3O4S. The predicted molar refractivity (Wildman–Crippen MR) is 191 cm³/mol. The van der Waals surface area contributed by atoms with Gasteiger partial charge in [-0.1, -0.05) is 103 Å². The maximum atomic E-state index is 14.6. The fraction of sp³-hybridized carbons (Fsp3) is 0.278. The summed E-state index contributed by atoms with van der Waals surface area (Å²) in [6.07, 6.45) is -4.92. The number of anilines is 1. The van der Waals surface area contributed by atoms with Gasteiger partial charge in [-0.15, -0.1) is 0 Å². The maximum Gasteiger partial charge on any atom is 0.417 e. The van der Waals surface area contributed by atoms with Crippen molar-refractivity contribution < 1.29 is 31.2 Å². The minimum atomic E-state index is -4.93. The molecule has 14 heteroatoms. The Morgan fingerprint density at radius 1 is 0.840 bits per heavy atom. The zero-order valence-electron chi connectivity index (χ0n) is 27.3. The third-order valence-electron chi connectivity index (χ3n) is 7.78.